The van der Waals surface area contributed by atoms with Crippen LogP contribution in [0.1, 0.15) is 16.8 Å². The molecule has 0 aromatic heterocycles. The van der Waals surface area contributed by atoms with Crippen LogP contribution in [0.15, 0.2) is 18.2 Å². The van der Waals surface area contributed by atoms with E-state index < -0.39 is 27.9 Å². The first kappa shape index (κ1) is 15.6. The average Bonchev–Trinajstić information content (AvgIpc) is 2.70. The van der Waals surface area contributed by atoms with Crippen LogP contribution in [-0.2, 0) is 9.84 Å². The summed E-state index contributed by atoms with van der Waals surface area (Å²) in [5.41, 5.74) is -0.0538. The number of carboxylic acids is 1. The minimum atomic E-state index is -3.10. The second kappa shape index (κ2) is 5.90. The third-order valence-electron chi connectivity index (χ3n) is 3.03. The summed E-state index contributed by atoms with van der Waals surface area (Å²) in [6, 6.07) is 2.93. The molecule has 0 spiro atoms. The van der Waals surface area contributed by atoms with Gasteiger partial charge in [-0.2, -0.15) is 0 Å². The predicted octanol–water partition coefficient (Wildman–Crippen LogP) is 1.35. The molecular formula is C12H13ClN2O5S. The van der Waals surface area contributed by atoms with Crippen LogP contribution in [0.25, 0.3) is 0 Å². The van der Waals surface area contributed by atoms with Gasteiger partial charge in [-0.1, -0.05) is 11.6 Å². The SMILES string of the molecule is O=C(Nc1ccc(Cl)cc1C(=O)O)NC1CCS(=O)(=O)C1. The predicted molar refractivity (Wildman–Crippen MR) is 77.6 cm³/mol. The molecule has 9 heteroatoms. The number of anilines is 1. The van der Waals surface area contributed by atoms with Crippen LogP contribution in [0.2, 0.25) is 5.02 Å². The van der Waals surface area contributed by atoms with E-state index >= 15 is 0 Å². The number of amides is 2. The van der Waals surface area contributed by atoms with E-state index in [0.29, 0.717) is 6.42 Å². The van der Waals surface area contributed by atoms with Gasteiger partial charge in [-0.3, -0.25) is 0 Å². The van der Waals surface area contributed by atoms with Gasteiger partial charge in [0.1, 0.15) is 0 Å². The first-order chi connectivity index (χ1) is 9.77. The van der Waals surface area contributed by atoms with E-state index in [1.165, 1.54) is 18.2 Å². The van der Waals surface area contributed by atoms with E-state index in [2.05, 4.69) is 10.6 Å². The van der Waals surface area contributed by atoms with Crippen molar-refractivity contribution in [1.82, 2.24) is 5.32 Å². The minimum absolute atomic E-state index is 0.0409. The first-order valence-electron chi connectivity index (χ1n) is 6.07. The second-order valence-corrected chi connectivity index (χ2v) is 7.36. The molecule has 7 nitrogen and oxygen atoms in total. The third-order valence-corrected chi connectivity index (χ3v) is 5.03. The number of carbonyl (C=O) groups is 2. The molecule has 1 aliphatic heterocycles. The molecule has 3 N–H and O–H groups in total. The largest absolute Gasteiger partial charge is 0.478 e. The zero-order valence-electron chi connectivity index (χ0n) is 10.8. The molecule has 2 amide bonds. The molecule has 1 heterocycles. The van der Waals surface area contributed by atoms with Crippen molar-refractivity contribution < 1.29 is 23.1 Å². The quantitative estimate of drug-likeness (QED) is 0.773. The fourth-order valence-electron chi connectivity index (χ4n) is 2.06. The number of benzene rings is 1. The Morgan fingerprint density at radius 1 is 1.33 bits per heavy atom. The standard InChI is InChI=1S/C12H13ClN2O5S/c13-7-1-2-10(9(5-7)11(16)17)15-12(18)14-8-3-4-21(19,20)6-8/h1-2,5,8H,3-4,6H2,(H,16,17)(H2,14,15,18). The van der Waals surface area contributed by atoms with Crippen molar-refractivity contribution >= 4 is 39.1 Å². The molecule has 0 saturated carbocycles. The number of halogens is 1. The van der Waals surface area contributed by atoms with Crippen LogP contribution >= 0.6 is 11.6 Å². The molecule has 1 saturated heterocycles. The Balaban J connectivity index is 2.05. The van der Waals surface area contributed by atoms with E-state index in [-0.39, 0.29) is 27.8 Å². The normalized spacial score (nSPS) is 20.0. The molecular weight excluding hydrogens is 320 g/mol. The highest BCUT2D eigenvalue weighted by Gasteiger charge is 2.29. The average molecular weight is 333 g/mol. The molecule has 1 aromatic carbocycles. The first-order valence-corrected chi connectivity index (χ1v) is 8.27. The maximum atomic E-state index is 11.8. The van der Waals surface area contributed by atoms with Gasteiger partial charge < -0.3 is 15.7 Å². The van der Waals surface area contributed by atoms with E-state index in [0.717, 1.165) is 0 Å². The molecule has 1 atom stereocenters. The molecule has 21 heavy (non-hydrogen) atoms. The van der Waals surface area contributed by atoms with Crippen LogP contribution in [0.3, 0.4) is 0 Å². The van der Waals surface area contributed by atoms with Gasteiger partial charge in [0.2, 0.25) is 0 Å². The van der Waals surface area contributed by atoms with Crippen molar-refractivity contribution in [1.29, 1.82) is 0 Å². The van der Waals surface area contributed by atoms with Crippen LogP contribution in [-0.4, -0.2) is 43.1 Å². The topological polar surface area (TPSA) is 113 Å². The van der Waals surface area contributed by atoms with Crippen LogP contribution in [0, 0.1) is 0 Å². The zero-order chi connectivity index (χ0) is 15.6. The Morgan fingerprint density at radius 2 is 2.05 bits per heavy atom. The third kappa shape index (κ3) is 4.08. The van der Waals surface area contributed by atoms with Gasteiger partial charge in [0.25, 0.3) is 0 Å². The maximum Gasteiger partial charge on any atom is 0.337 e. The summed E-state index contributed by atoms with van der Waals surface area (Å²) >= 11 is 5.71. The Morgan fingerprint density at radius 3 is 2.62 bits per heavy atom. The highest BCUT2D eigenvalue weighted by atomic mass is 35.5. The van der Waals surface area contributed by atoms with Gasteiger partial charge >= 0.3 is 12.0 Å². The number of urea groups is 1. The molecule has 1 unspecified atom stereocenters. The lowest BCUT2D eigenvalue weighted by Gasteiger charge is -2.13. The van der Waals surface area contributed by atoms with Crippen molar-refractivity contribution in [3.8, 4) is 0 Å². The molecule has 2 rings (SSSR count). The summed E-state index contributed by atoms with van der Waals surface area (Å²) in [5, 5.41) is 14.2. The number of sulfone groups is 1. The van der Waals surface area contributed by atoms with Crippen LogP contribution in [0.5, 0.6) is 0 Å². The fourth-order valence-corrected chi connectivity index (χ4v) is 3.90. The molecule has 1 aromatic rings. The van der Waals surface area contributed by atoms with Crippen molar-refractivity contribution in [2.75, 3.05) is 16.8 Å². The van der Waals surface area contributed by atoms with E-state index in [1.807, 2.05) is 0 Å². The summed E-state index contributed by atoms with van der Waals surface area (Å²) in [4.78, 5) is 22.9. The van der Waals surface area contributed by atoms with Gasteiger partial charge in [-0.25, -0.2) is 18.0 Å². The Labute approximate surface area is 126 Å². The highest BCUT2D eigenvalue weighted by Crippen LogP contribution is 2.21. The molecule has 114 valence electrons. The summed E-state index contributed by atoms with van der Waals surface area (Å²) < 4.78 is 22.6. The highest BCUT2D eigenvalue weighted by molar-refractivity contribution is 7.91. The number of rotatable bonds is 3. The molecule has 0 bridgehead atoms. The molecule has 0 aliphatic carbocycles. The monoisotopic (exact) mass is 332 g/mol. The fraction of sp³-hybridized carbons (Fsp3) is 0.333. The lowest BCUT2D eigenvalue weighted by atomic mass is 10.2. The number of hydrogen-bond acceptors (Lipinski definition) is 4. The minimum Gasteiger partial charge on any atom is -0.478 e. The smallest absolute Gasteiger partial charge is 0.337 e. The van der Waals surface area contributed by atoms with Gasteiger partial charge in [0, 0.05) is 11.1 Å². The lowest BCUT2D eigenvalue weighted by Crippen LogP contribution is -2.38. The Hall–Kier alpha value is -1.80. The van der Waals surface area contributed by atoms with E-state index in [4.69, 9.17) is 16.7 Å². The van der Waals surface area contributed by atoms with Gasteiger partial charge in [-0.05, 0) is 24.6 Å². The maximum absolute atomic E-state index is 11.8. The summed E-state index contributed by atoms with van der Waals surface area (Å²) in [6.07, 6.45) is 0.349. The van der Waals surface area contributed by atoms with Gasteiger partial charge in [0.15, 0.2) is 9.84 Å². The Bertz CT molecular complexity index is 689. The van der Waals surface area contributed by atoms with Crippen LogP contribution in [0.4, 0.5) is 10.5 Å². The number of nitrogens with one attached hydrogen (secondary N) is 2. The van der Waals surface area contributed by atoms with E-state index in [1.54, 1.807) is 0 Å². The van der Waals surface area contributed by atoms with Crippen molar-refractivity contribution in [2.24, 2.45) is 0 Å². The van der Waals surface area contributed by atoms with Crippen LogP contribution < -0.4 is 10.6 Å². The lowest BCUT2D eigenvalue weighted by molar-refractivity contribution is 0.0698. The molecule has 1 fully saturated rings. The zero-order valence-corrected chi connectivity index (χ0v) is 12.4. The van der Waals surface area contributed by atoms with Crippen molar-refractivity contribution in [3.05, 3.63) is 28.8 Å². The van der Waals surface area contributed by atoms with Crippen molar-refractivity contribution in [3.63, 3.8) is 0 Å². The van der Waals surface area contributed by atoms with Gasteiger partial charge in [0.05, 0.1) is 22.8 Å². The number of carbonyl (C=O) groups excluding carboxylic acids is 1. The summed E-state index contributed by atoms with van der Waals surface area (Å²) in [6.45, 7) is 0. The van der Waals surface area contributed by atoms with E-state index in [9.17, 15) is 18.0 Å². The number of hydrogen-bond donors (Lipinski definition) is 3. The summed E-state index contributed by atoms with van der Waals surface area (Å²) in [5.74, 6) is -1.29. The van der Waals surface area contributed by atoms with Crippen molar-refractivity contribution in [2.45, 2.75) is 12.5 Å². The number of aromatic carboxylic acids is 1. The Kier molecular flexibility index (Phi) is 4.38. The summed E-state index contributed by atoms with van der Waals surface area (Å²) in [7, 11) is -3.10. The number of carboxylic acid groups (broad SMARTS) is 1. The molecule has 0 radical (unpaired) electrons. The second-order valence-electron chi connectivity index (χ2n) is 4.69. The molecule has 1 aliphatic rings. The van der Waals surface area contributed by atoms with Gasteiger partial charge in [-0.15, -0.1) is 0 Å².